The smallest absolute Gasteiger partial charge is 0.319 e. The van der Waals surface area contributed by atoms with Crippen LogP contribution in [0.25, 0.3) is 0 Å². The minimum absolute atomic E-state index is 0.0249. The van der Waals surface area contributed by atoms with E-state index in [0.717, 1.165) is 52.2 Å². The van der Waals surface area contributed by atoms with Crippen molar-refractivity contribution in [3.8, 4) is 0 Å². The molecule has 3 rings (SSSR count). The molecule has 0 aromatic rings. The van der Waals surface area contributed by atoms with Gasteiger partial charge in [-0.25, -0.2) is 0 Å². The summed E-state index contributed by atoms with van der Waals surface area (Å²) in [4.78, 5) is 32.5. The summed E-state index contributed by atoms with van der Waals surface area (Å²) in [6.45, 7) is 20.3. The molecular formula is C31H58N4O6. The van der Waals surface area contributed by atoms with Crippen molar-refractivity contribution in [3.63, 3.8) is 0 Å². The number of ether oxygens (including phenoxy) is 4. The number of nitrogens with one attached hydrogen (secondary N) is 2. The van der Waals surface area contributed by atoms with Crippen LogP contribution in [0.5, 0.6) is 0 Å². The van der Waals surface area contributed by atoms with Crippen LogP contribution < -0.4 is 10.6 Å². The lowest BCUT2D eigenvalue weighted by Crippen LogP contribution is -2.55. The number of hydrogen-bond acceptors (Lipinski definition) is 10. The van der Waals surface area contributed by atoms with E-state index in [-0.39, 0.29) is 36.5 Å². The molecular weight excluding hydrogens is 524 g/mol. The fraction of sp³-hybridized carbons (Fsp3) is 0.935. The molecule has 3 aliphatic rings. The Labute approximate surface area is 248 Å². The summed E-state index contributed by atoms with van der Waals surface area (Å²) in [7, 11) is 3.65. The first-order valence-electron chi connectivity index (χ1n) is 15.8. The molecule has 0 bridgehead atoms. The average Bonchev–Trinajstić information content (AvgIpc) is 2.95. The number of ketones is 1. The van der Waals surface area contributed by atoms with Crippen molar-refractivity contribution in [2.45, 2.75) is 104 Å². The van der Waals surface area contributed by atoms with Gasteiger partial charge in [-0.1, -0.05) is 20.8 Å². The third-order valence-corrected chi connectivity index (χ3v) is 9.55. The van der Waals surface area contributed by atoms with E-state index in [2.05, 4.69) is 34.3 Å². The van der Waals surface area contributed by atoms with Gasteiger partial charge in [0.15, 0.2) is 12.1 Å². The summed E-state index contributed by atoms with van der Waals surface area (Å²) in [5.74, 6) is -1.08. The van der Waals surface area contributed by atoms with Gasteiger partial charge in [0.05, 0.1) is 23.9 Å². The quantitative estimate of drug-likeness (QED) is 0.344. The molecule has 3 heterocycles. The van der Waals surface area contributed by atoms with Crippen molar-refractivity contribution in [2.24, 2.45) is 17.3 Å². The molecule has 0 aliphatic carbocycles. The highest BCUT2D eigenvalue weighted by Crippen LogP contribution is 2.38. The molecule has 10 heteroatoms. The number of nitrogens with zero attached hydrogens (tertiary/aromatic N) is 2. The van der Waals surface area contributed by atoms with Crippen molar-refractivity contribution in [1.29, 1.82) is 0 Å². The van der Waals surface area contributed by atoms with Crippen molar-refractivity contribution >= 4 is 11.8 Å². The molecule has 0 radical (unpaired) electrons. The zero-order chi connectivity index (χ0) is 30.4. The SMILES string of the molecule is CCN1C[C@H](C)C[C@@](C)(OC)[C@H](O[C@H]2C[C@@H](NC)C[C@@H](C)O2)[C@@H](C)C(=O)C(C)(C)C(=O)OC[C@@H]1CN1CCNCC1. The van der Waals surface area contributed by atoms with Gasteiger partial charge < -0.3 is 29.6 Å². The van der Waals surface area contributed by atoms with Crippen LogP contribution in [-0.2, 0) is 28.5 Å². The van der Waals surface area contributed by atoms with E-state index in [1.807, 2.05) is 27.8 Å². The minimum atomic E-state index is -1.33. The summed E-state index contributed by atoms with van der Waals surface area (Å²) in [5, 5.41) is 6.77. The van der Waals surface area contributed by atoms with Crippen LogP contribution in [0.15, 0.2) is 0 Å². The standard InChI is InChI=1S/C31H58N4O6/c1-10-35-18-21(2)17-31(7,38-9)28(41-26-16-24(32-8)15-22(3)40-26)23(4)27(36)30(5,6)29(37)39-20-25(35)19-34-13-11-33-12-14-34/h21-26,28,32-33H,10-20H2,1-9H3/t21-,22-,23+,24+,25+,26+,28-,31-/m1/s1. The molecule has 3 aliphatic heterocycles. The maximum Gasteiger partial charge on any atom is 0.319 e. The van der Waals surface area contributed by atoms with Gasteiger partial charge in [0.1, 0.15) is 12.0 Å². The van der Waals surface area contributed by atoms with Gasteiger partial charge in [-0.3, -0.25) is 19.4 Å². The molecule has 8 atom stereocenters. The largest absolute Gasteiger partial charge is 0.463 e. The molecule has 0 aromatic carbocycles. The summed E-state index contributed by atoms with van der Waals surface area (Å²) < 4.78 is 25.2. The number of rotatable bonds is 7. The molecule has 0 unspecified atom stereocenters. The van der Waals surface area contributed by atoms with Gasteiger partial charge in [0.25, 0.3) is 0 Å². The number of cyclic esters (lactones) is 1. The number of carbonyl (C=O) groups is 2. The predicted octanol–water partition coefficient (Wildman–Crippen LogP) is 2.30. The molecule has 2 N–H and O–H groups in total. The Balaban J connectivity index is 1.95. The van der Waals surface area contributed by atoms with E-state index in [1.165, 1.54) is 0 Å². The Kier molecular flexibility index (Phi) is 12.6. The highest BCUT2D eigenvalue weighted by molar-refractivity contribution is 6.04. The van der Waals surface area contributed by atoms with E-state index in [4.69, 9.17) is 18.9 Å². The number of hydrogen-bond donors (Lipinski definition) is 2. The molecule has 238 valence electrons. The molecule has 0 spiro atoms. The van der Waals surface area contributed by atoms with Crippen LogP contribution in [0.1, 0.15) is 67.7 Å². The first kappa shape index (κ1) is 34.4. The number of piperazine rings is 1. The van der Waals surface area contributed by atoms with E-state index < -0.39 is 35.3 Å². The Morgan fingerprint density at radius 2 is 1.78 bits per heavy atom. The normalized spacial score (nSPS) is 38.9. The molecule has 41 heavy (non-hydrogen) atoms. The van der Waals surface area contributed by atoms with Crippen molar-refractivity contribution in [2.75, 3.05) is 66.6 Å². The second kappa shape index (κ2) is 15.0. The van der Waals surface area contributed by atoms with Gasteiger partial charge in [-0.15, -0.1) is 0 Å². The van der Waals surface area contributed by atoms with Crippen molar-refractivity contribution in [3.05, 3.63) is 0 Å². The van der Waals surface area contributed by atoms with Crippen LogP contribution in [0.3, 0.4) is 0 Å². The van der Waals surface area contributed by atoms with E-state index in [1.54, 1.807) is 21.0 Å². The zero-order valence-electron chi connectivity index (χ0n) is 27.2. The molecule has 10 nitrogen and oxygen atoms in total. The molecule has 0 saturated carbocycles. The van der Waals surface area contributed by atoms with Crippen LogP contribution >= 0.6 is 0 Å². The van der Waals surface area contributed by atoms with Crippen LogP contribution in [0.2, 0.25) is 0 Å². The molecule has 3 saturated heterocycles. The Morgan fingerprint density at radius 3 is 2.39 bits per heavy atom. The first-order valence-corrected chi connectivity index (χ1v) is 15.8. The van der Waals surface area contributed by atoms with Gasteiger partial charge in [-0.2, -0.15) is 0 Å². The summed E-state index contributed by atoms with van der Waals surface area (Å²) >= 11 is 0. The Bertz CT molecular complexity index is 852. The van der Waals surface area contributed by atoms with Gasteiger partial charge in [0, 0.05) is 64.8 Å². The molecule has 3 fully saturated rings. The number of esters is 1. The fourth-order valence-corrected chi connectivity index (χ4v) is 7.01. The van der Waals surface area contributed by atoms with Crippen molar-refractivity contribution in [1.82, 2.24) is 20.4 Å². The van der Waals surface area contributed by atoms with Crippen LogP contribution in [0.4, 0.5) is 0 Å². The van der Waals surface area contributed by atoms with E-state index in [0.29, 0.717) is 12.8 Å². The topological polar surface area (TPSA) is 102 Å². The lowest BCUT2D eigenvalue weighted by Gasteiger charge is -2.45. The highest BCUT2D eigenvalue weighted by atomic mass is 16.7. The third-order valence-electron chi connectivity index (χ3n) is 9.55. The number of likely N-dealkylation sites (N-methyl/N-ethyl adjacent to an activating group) is 1. The minimum Gasteiger partial charge on any atom is -0.463 e. The number of carbonyl (C=O) groups excluding carboxylic acids is 2. The number of methoxy groups -OCH3 is 1. The predicted molar refractivity (Wildman–Crippen MR) is 160 cm³/mol. The van der Waals surface area contributed by atoms with Gasteiger partial charge >= 0.3 is 5.97 Å². The third kappa shape index (κ3) is 8.71. The van der Waals surface area contributed by atoms with Crippen molar-refractivity contribution < 1.29 is 28.5 Å². The van der Waals surface area contributed by atoms with Crippen LogP contribution in [0, 0.1) is 17.3 Å². The molecule has 0 amide bonds. The Hall–Kier alpha value is -1.14. The number of Topliss-reactive ketones (excluding diaryl/α,β-unsaturated/α-hetero) is 1. The molecule has 0 aromatic heterocycles. The zero-order valence-corrected chi connectivity index (χ0v) is 27.2. The summed E-state index contributed by atoms with van der Waals surface area (Å²) in [5.41, 5.74) is -2.12. The highest BCUT2D eigenvalue weighted by Gasteiger charge is 2.50. The fourth-order valence-electron chi connectivity index (χ4n) is 7.01. The maximum absolute atomic E-state index is 14.1. The Morgan fingerprint density at radius 1 is 1.10 bits per heavy atom. The van der Waals surface area contributed by atoms with E-state index in [9.17, 15) is 9.59 Å². The monoisotopic (exact) mass is 582 g/mol. The summed E-state index contributed by atoms with van der Waals surface area (Å²) in [6.07, 6.45) is 1.19. The van der Waals surface area contributed by atoms with Gasteiger partial charge in [-0.05, 0) is 60.0 Å². The van der Waals surface area contributed by atoms with Gasteiger partial charge in [0.2, 0.25) is 0 Å². The lowest BCUT2D eigenvalue weighted by molar-refractivity contribution is -0.259. The second-order valence-corrected chi connectivity index (χ2v) is 13.4. The summed E-state index contributed by atoms with van der Waals surface area (Å²) in [6, 6.07) is 0.291. The van der Waals surface area contributed by atoms with Crippen LogP contribution in [-0.4, -0.2) is 124 Å². The first-order chi connectivity index (χ1) is 19.3. The second-order valence-electron chi connectivity index (χ2n) is 13.4. The average molecular weight is 583 g/mol. The van der Waals surface area contributed by atoms with E-state index >= 15 is 0 Å². The maximum atomic E-state index is 14.1. The lowest BCUT2D eigenvalue weighted by atomic mass is 9.74.